The highest BCUT2D eigenvalue weighted by molar-refractivity contribution is 7.15. The second kappa shape index (κ2) is 6.17. The Labute approximate surface area is 117 Å². The Morgan fingerprint density at radius 3 is 2.70 bits per heavy atom. The number of hydrazine groups is 1. The molecular weight excluding hydrogens is 284 g/mol. The zero-order valence-corrected chi connectivity index (χ0v) is 11.3. The van der Waals surface area contributed by atoms with Crippen molar-refractivity contribution in [2.45, 2.75) is 6.54 Å². The van der Waals surface area contributed by atoms with Gasteiger partial charge in [0.2, 0.25) is 0 Å². The molecule has 9 heteroatoms. The first kappa shape index (κ1) is 14.0. The Morgan fingerprint density at radius 1 is 1.40 bits per heavy atom. The number of methoxy groups -OCH3 is 1. The van der Waals surface area contributed by atoms with E-state index in [9.17, 15) is 9.59 Å². The van der Waals surface area contributed by atoms with Crippen molar-refractivity contribution in [1.29, 1.82) is 0 Å². The summed E-state index contributed by atoms with van der Waals surface area (Å²) in [5.41, 5.74) is 2.00. The molecular formula is C11H12N4O4S. The van der Waals surface area contributed by atoms with Gasteiger partial charge in [-0.15, -0.1) is 11.3 Å². The minimum atomic E-state index is -0.436. The number of nitrogens with two attached hydrogens (primary N) is 1. The van der Waals surface area contributed by atoms with Crippen LogP contribution in [0, 0.1) is 0 Å². The normalized spacial score (nSPS) is 10.1. The number of nitrogen functional groups attached to an aromatic ring is 1. The van der Waals surface area contributed by atoms with Crippen LogP contribution in [0.15, 0.2) is 22.7 Å². The van der Waals surface area contributed by atoms with Gasteiger partial charge in [-0.05, 0) is 17.3 Å². The minimum absolute atomic E-state index is 0.172. The van der Waals surface area contributed by atoms with Gasteiger partial charge in [-0.1, -0.05) is 0 Å². The number of amides is 2. The molecule has 2 aromatic heterocycles. The topological polar surface area (TPSA) is 119 Å². The van der Waals surface area contributed by atoms with Gasteiger partial charge >= 0.3 is 0 Å². The van der Waals surface area contributed by atoms with Crippen LogP contribution in [0.25, 0.3) is 0 Å². The number of thiophene rings is 1. The molecule has 0 aliphatic rings. The van der Waals surface area contributed by atoms with E-state index >= 15 is 0 Å². The molecule has 106 valence electrons. The predicted molar refractivity (Wildman–Crippen MR) is 70.2 cm³/mol. The lowest BCUT2D eigenvalue weighted by Gasteiger charge is -1.99. The standard InChI is InChI=1S/C11H12N4O4S/c1-18-9-4-6(19-15-9)5-13-10(16)7-2-3-8(20-7)11(17)14-12/h2-4H,5,12H2,1H3,(H,13,16)(H,14,17). The number of hydrogen-bond donors (Lipinski definition) is 3. The van der Waals surface area contributed by atoms with Gasteiger partial charge in [-0.3, -0.25) is 15.0 Å². The molecule has 0 fully saturated rings. The number of rotatable bonds is 5. The predicted octanol–water partition coefficient (Wildman–Crippen LogP) is 0.278. The molecule has 2 aromatic rings. The van der Waals surface area contributed by atoms with Crippen LogP contribution in [0.2, 0.25) is 0 Å². The third-order valence-electron chi connectivity index (χ3n) is 2.35. The minimum Gasteiger partial charge on any atom is -0.479 e. The maximum atomic E-state index is 11.9. The number of ether oxygens (including phenoxy) is 1. The van der Waals surface area contributed by atoms with Crippen LogP contribution in [0.4, 0.5) is 0 Å². The Bertz CT molecular complexity index is 621. The molecule has 2 amide bonds. The fraction of sp³-hybridized carbons (Fsp3) is 0.182. The van der Waals surface area contributed by atoms with Gasteiger partial charge < -0.3 is 14.6 Å². The lowest BCUT2D eigenvalue weighted by atomic mass is 10.4. The van der Waals surface area contributed by atoms with E-state index in [1.165, 1.54) is 13.2 Å². The largest absolute Gasteiger partial charge is 0.479 e. The number of aromatic nitrogens is 1. The average Bonchev–Trinajstić information content (AvgIpc) is 3.12. The van der Waals surface area contributed by atoms with Crippen molar-refractivity contribution in [2.24, 2.45) is 5.84 Å². The third kappa shape index (κ3) is 3.13. The van der Waals surface area contributed by atoms with Crippen molar-refractivity contribution < 1.29 is 18.8 Å². The third-order valence-corrected chi connectivity index (χ3v) is 3.44. The van der Waals surface area contributed by atoms with E-state index in [-0.39, 0.29) is 12.5 Å². The molecule has 0 radical (unpaired) electrons. The zero-order chi connectivity index (χ0) is 14.5. The van der Waals surface area contributed by atoms with Crippen LogP contribution in [0.5, 0.6) is 5.88 Å². The van der Waals surface area contributed by atoms with Crippen molar-refractivity contribution in [1.82, 2.24) is 15.9 Å². The number of hydrogen-bond acceptors (Lipinski definition) is 7. The average molecular weight is 296 g/mol. The Hall–Kier alpha value is -2.39. The molecule has 0 spiro atoms. The summed E-state index contributed by atoms with van der Waals surface area (Å²) in [6.07, 6.45) is 0. The lowest BCUT2D eigenvalue weighted by molar-refractivity contribution is 0.0947. The molecule has 2 heterocycles. The van der Waals surface area contributed by atoms with Gasteiger partial charge in [0.25, 0.3) is 17.7 Å². The van der Waals surface area contributed by atoms with Gasteiger partial charge in [0.15, 0.2) is 5.76 Å². The quantitative estimate of drug-likeness (QED) is 0.414. The first-order chi connectivity index (χ1) is 9.63. The van der Waals surface area contributed by atoms with E-state index in [1.54, 1.807) is 12.1 Å². The summed E-state index contributed by atoms with van der Waals surface area (Å²) in [4.78, 5) is 23.9. The molecule has 2 rings (SSSR count). The number of nitrogens with one attached hydrogen (secondary N) is 2. The number of carbonyl (C=O) groups is 2. The van der Waals surface area contributed by atoms with Gasteiger partial charge in [-0.2, -0.15) is 0 Å². The summed E-state index contributed by atoms with van der Waals surface area (Å²) < 4.78 is 9.79. The molecule has 0 saturated carbocycles. The monoisotopic (exact) mass is 296 g/mol. The molecule has 8 nitrogen and oxygen atoms in total. The van der Waals surface area contributed by atoms with E-state index in [1.807, 2.05) is 5.43 Å². The Balaban J connectivity index is 1.94. The number of carbonyl (C=O) groups excluding carboxylic acids is 2. The van der Waals surface area contributed by atoms with Crippen LogP contribution in [-0.4, -0.2) is 24.1 Å². The highest BCUT2D eigenvalue weighted by Crippen LogP contribution is 2.16. The zero-order valence-electron chi connectivity index (χ0n) is 10.5. The van der Waals surface area contributed by atoms with E-state index in [4.69, 9.17) is 15.1 Å². The molecule has 0 aromatic carbocycles. The maximum absolute atomic E-state index is 11.9. The summed E-state index contributed by atoms with van der Waals surface area (Å²) in [5.74, 6) is 5.07. The molecule has 0 bridgehead atoms. The van der Waals surface area contributed by atoms with E-state index < -0.39 is 5.91 Å². The van der Waals surface area contributed by atoms with Gasteiger partial charge in [-0.25, -0.2) is 5.84 Å². The molecule has 0 aliphatic heterocycles. The fourth-order valence-electron chi connectivity index (χ4n) is 1.38. The summed E-state index contributed by atoms with van der Waals surface area (Å²) in [6.45, 7) is 0.172. The summed E-state index contributed by atoms with van der Waals surface area (Å²) in [6, 6.07) is 4.65. The van der Waals surface area contributed by atoms with Gasteiger partial charge in [0.1, 0.15) is 0 Å². The van der Waals surface area contributed by atoms with Crippen LogP contribution < -0.4 is 21.3 Å². The molecule has 20 heavy (non-hydrogen) atoms. The van der Waals surface area contributed by atoms with Gasteiger partial charge in [0, 0.05) is 6.07 Å². The second-order valence-electron chi connectivity index (χ2n) is 3.66. The lowest BCUT2D eigenvalue weighted by Crippen LogP contribution is -2.29. The van der Waals surface area contributed by atoms with Gasteiger partial charge in [0.05, 0.1) is 23.4 Å². The Morgan fingerprint density at radius 2 is 2.10 bits per heavy atom. The van der Waals surface area contributed by atoms with Crippen molar-refractivity contribution in [3.05, 3.63) is 33.7 Å². The molecule has 0 atom stereocenters. The first-order valence-corrected chi connectivity index (χ1v) is 6.34. The number of nitrogens with zero attached hydrogens (tertiary/aromatic N) is 1. The van der Waals surface area contributed by atoms with Crippen molar-refractivity contribution >= 4 is 23.2 Å². The molecule has 0 unspecified atom stereocenters. The van der Waals surface area contributed by atoms with Crippen LogP contribution >= 0.6 is 11.3 Å². The highest BCUT2D eigenvalue weighted by Gasteiger charge is 2.13. The smallest absolute Gasteiger partial charge is 0.275 e. The van der Waals surface area contributed by atoms with Crippen LogP contribution in [0.3, 0.4) is 0 Å². The summed E-state index contributed by atoms with van der Waals surface area (Å²) in [5, 5.41) is 6.25. The van der Waals surface area contributed by atoms with Crippen LogP contribution in [-0.2, 0) is 6.54 Å². The molecule has 0 saturated heterocycles. The highest BCUT2D eigenvalue weighted by atomic mass is 32.1. The molecule has 4 N–H and O–H groups in total. The fourth-order valence-corrected chi connectivity index (χ4v) is 2.21. The Kier molecular flexibility index (Phi) is 4.33. The molecule has 0 aliphatic carbocycles. The van der Waals surface area contributed by atoms with Crippen molar-refractivity contribution in [3.63, 3.8) is 0 Å². The van der Waals surface area contributed by atoms with E-state index in [2.05, 4.69) is 10.5 Å². The van der Waals surface area contributed by atoms with Crippen molar-refractivity contribution in [2.75, 3.05) is 7.11 Å². The van der Waals surface area contributed by atoms with E-state index in [0.717, 1.165) is 11.3 Å². The first-order valence-electron chi connectivity index (χ1n) is 5.52. The van der Waals surface area contributed by atoms with Crippen molar-refractivity contribution in [3.8, 4) is 5.88 Å². The summed E-state index contributed by atoms with van der Waals surface area (Å²) >= 11 is 1.04. The van der Waals surface area contributed by atoms with Crippen LogP contribution in [0.1, 0.15) is 25.1 Å². The van der Waals surface area contributed by atoms with E-state index in [0.29, 0.717) is 21.4 Å². The second-order valence-corrected chi connectivity index (χ2v) is 4.74. The summed E-state index contributed by atoms with van der Waals surface area (Å²) in [7, 11) is 1.47. The maximum Gasteiger partial charge on any atom is 0.275 e. The SMILES string of the molecule is COc1cc(CNC(=O)c2ccc(C(=O)NN)s2)on1.